The maximum Gasteiger partial charge on any atom is 0.213 e. The molecule has 1 fully saturated rings. The van der Waals surface area contributed by atoms with Gasteiger partial charge in [0.15, 0.2) is 0 Å². The number of aromatic nitrogens is 1. The van der Waals surface area contributed by atoms with E-state index in [-0.39, 0.29) is 5.41 Å². The first-order valence-electron chi connectivity index (χ1n) is 7.79. The number of hydrogen-bond acceptors (Lipinski definition) is 3. The Balaban J connectivity index is 1.85. The molecule has 0 atom stereocenters. The Kier molecular flexibility index (Phi) is 5.03. The first-order chi connectivity index (χ1) is 9.51. The fraction of sp³-hybridized carbons (Fsp3) is 0.706. The van der Waals surface area contributed by atoms with Gasteiger partial charge in [0.05, 0.1) is 6.61 Å². The predicted octanol–water partition coefficient (Wildman–Crippen LogP) is 3.49. The number of hydrogen-bond donors (Lipinski definition) is 0. The van der Waals surface area contributed by atoms with Gasteiger partial charge >= 0.3 is 0 Å². The lowest BCUT2D eigenvalue weighted by Crippen LogP contribution is -2.32. The molecule has 1 saturated heterocycles. The average molecular weight is 276 g/mol. The predicted molar refractivity (Wildman–Crippen MR) is 83.3 cm³/mol. The van der Waals surface area contributed by atoms with Crippen molar-refractivity contribution in [3.8, 4) is 5.88 Å². The van der Waals surface area contributed by atoms with Gasteiger partial charge in [-0.1, -0.05) is 26.8 Å². The highest BCUT2D eigenvalue weighted by atomic mass is 16.5. The Bertz CT molecular complexity index is 406. The zero-order valence-corrected chi connectivity index (χ0v) is 13.4. The van der Waals surface area contributed by atoms with E-state index in [2.05, 4.69) is 43.8 Å². The molecule has 0 radical (unpaired) electrons. The highest BCUT2D eigenvalue weighted by Gasteiger charge is 2.19. The van der Waals surface area contributed by atoms with Crippen LogP contribution < -0.4 is 4.74 Å². The molecule has 0 unspecified atom stereocenters. The largest absolute Gasteiger partial charge is 0.477 e. The lowest BCUT2D eigenvalue weighted by Gasteiger charge is -2.28. The van der Waals surface area contributed by atoms with Crippen molar-refractivity contribution in [3.05, 3.63) is 23.9 Å². The van der Waals surface area contributed by atoms with Crippen LogP contribution in [0.1, 0.15) is 45.6 Å². The van der Waals surface area contributed by atoms with Crippen LogP contribution in [-0.4, -0.2) is 36.6 Å². The molecule has 0 amide bonds. The Hall–Kier alpha value is -1.09. The summed E-state index contributed by atoms with van der Waals surface area (Å²) in [4.78, 5) is 6.84. The van der Waals surface area contributed by atoms with Crippen molar-refractivity contribution >= 4 is 0 Å². The molecule has 0 bridgehead atoms. The normalized spacial score (nSPS) is 18.2. The van der Waals surface area contributed by atoms with E-state index in [1.54, 1.807) is 0 Å². The molecule has 0 aromatic carbocycles. The molecule has 1 aromatic rings. The minimum atomic E-state index is 0.194. The second-order valence-electron chi connectivity index (χ2n) is 6.68. The van der Waals surface area contributed by atoms with Crippen LogP contribution in [-0.2, 0) is 5.41 Å². The zero-order chi connectivity index (χ0) is 14.6. The van der Waals surface area contributed by atoms with Crippen LogP contribution in [0.4, 0.5) is 0 Å². The second-order valence-corrected chi connectivity index (χ2v) is 6.68. The van der Waals surface area contributed by atoms with E-state index in [1.165, 1.54) is 31.5 Å². The summed E-state index contributed by atoms with van der Waals surface area (Å²) in [5.41, 5.74) is 1.48. The van der Waals surface area contributed by atoms with Crippen molar-refractivity contribution in [2.24, 2.45) is 5.92 Å². The van der Waals surface area contributed by atoms with Crippen molar-refractivity contribution in [2.45, 2.75) is 45.4 Å². The first kappa shape index (κ1) is 15.3. The summed E-state index contributed by atoms with van der Waals surface area (Å²) < 4.78 is 5.85. The molecule has 2 heterocycles. The van der Waals surface area contributed by atoms with Crippen LogP contribution in [0.5, 0.6) is 5.88 Å². The van der Waals surface area contributed by atoms with E-state index in [0.29, 0.717) is 5.92 Å². The molecule has 0 spiro atoms. The summed E-state index contributed by atoms with van der Waals surface area (Å²) >= 11 is 0. The molecule has 0 aliphatic carbocycles. The average Bonchev–Trinajstić information content (AvgIpc) is 2.47. The lowest BCUT2D eigenvalue weighted by molar-refractivity contribution is 0.157. The van der Waals surface area contributed by atoms with Crippen LogP contribution in [0.25, 0.3) is 0 Å². The SMILES string of the molecule is CCC(C)(C)c1ccc(OCC2CCN(C)CC2)nc1. The molecule has 3 heteroatoms. The van der Waals surface area contributed by atoms with Gasteiger partial charge in [0, 0.05) is 12.3 Å². The summed E-state index contributed by atoms with van der Waals surface area (Å²) in [5.74, 6) is 1.44. The van der Waals surface area contributed by atoms with E-state index in [9.17, 15) is 0 Å². The molecule has 3 nitrogen and oxygen atoms in total. The van der Waals surface area contributed by atoms with Gasteiger partial charge < -0.3 is 9.64 Å². The third-order valence-electron chi connectivity index (χ3n) is 4.71. The Morgan fingerprint density at radius 2 is 2.00 bits per heavy atom. The second kappa shape index (κ2) is 6.57. The van der Waals surface area contributed by atoms with Crippen LogP contribution in [0.2, 0.25) is 0 Å². The number of piperidine rings is 1. The Morgan fingerprint density at radius 1 is 1.30 bits per heavy atom. The summed E-state index contributed by atoms with van der Waals surface area (Å²) in [6, 6.07) is 4.17. The van der Waals surface area contributed by atoms with Gasteiger partial charge in [-0.2, -0.15) is 0 Å². The van der Waals surface area contributed by atoms with E-state index in [4.69, 9.17) is 4.74 Å². The Labute approximate surface area is 123 Å². The van der Waals surface area contributed by atoms with Crippen LogP contribution >= 0.6 is 0 Å². The standard InChI is InChI=1S/C17H28N2O/c1-5-17(2,3)15-6-7-16(18-12-15)20-13-14-8-10-19(4)11-9-14/h6-7,12,14H,5,8-11,13H2,1-4H3. The maximum absolute atomic E-state index is 5.85. The van der Waals surface area contributed by atoms with E-state index >= 15 is 0 Å². The number of likely N-dealkylation sites (tertiary alicyclic amines) is 1. The van der Waals surface area contributed by atoms with Gasteiger partial charge in [-0.3, -0.25) is 0 Å². The minimum absolute atomic E-state index is 0.194. The third kappa shape index (κ3) is 3.95. The van der Waals surface area contributed by atoms with E-state index in [0.717, 1.165) is 18.9 Å². The van der Waals surface area contributed by atoms with Gasteiger partial charge in [0.25, 0.3) is 0 Å². The van der Waals surface area contributed by atoms with E-state index in [1.807, 2.05) is 12.3 Å². The first-order valence-corrected chi connectivity index (χ1v) is 7.79. The maximum atomic E-state index is 5.85. The molecule has 112 valence electrons. The fourth-order valence-electron chi connectivity index (χ4n) is 2.50. The minimum Gasteiger partial charge on any atom is -0.477 e. The Morgan fingerprint density at radius 3 is 2.55 bits per heavy atom. The van der Waals surface area contributed by atoms with Gasteiger partial charge in [-0.25, -0.2) is 4.98 Å². The number of nitrogens with zero attached hydrogens (tertiary/aromatic N) is 2. The number of ether oxygens (including phenoxy) is 1. The van der Waals surface area contributed by atoms with Crippen LogP contribution in [0.15, 0.2) is 18.3 Å². The van der Waals surface area contributed by atoms with Crippen molar-refractivity contribution < 1.29 is 4.74 Å². The highest BCUT2D eigenvalue weighted by Crippen LogP contribution is 2.27. The molecule has 1 aromatic heterocycles. The fourth-order valence-corrected chi connectivity index (χ4v) is 2.50. The van der Waals surface area contributed by atoms with Gasteiger partial charge in [0.1, 0.15) is 0 Å². The molecule has 1 aliphatic rings. The van der Waals surface area contributed by atoms with Crippen molar-refractivity contribution in [2.75, 3.05) is 26.7 Å². The highest BCUT2D eigenvalue weighted by molar-refractivity contribution is 5.24. The zero-order valence-electron chi connectivity index (χ0n) is 13.4. The molecule has 1 aliphatic heterocycles. The molecular weight excluding hydrogens is 248 g/mol. The summed E-state index contributed by atoms with van der Waals surface area (Å²) in [6.07, 6.45) is 5.55. The van der Waals surface area contributed by atoms with Crippen LogP contribution in [0.3, 0.4) is 0 Å². The van der Waals surface area contributed by atoms with E-state index < -0.39 is 0 Å². The monoisotopic (exact) mass is 276 g/mol. The molecule has 0 saturated carbocycles. The van der Waals surface area contributed by atoms with Crippen molar-refractivity contribution in [1.29, 1.82) is 0 Å². The third-order valence-corrected chi connectivity index (χ3v) is 4.71. The summed E-state index contributed by atoms with van der Waals surface area (Å²) in [5, 5.41) is 0. The lowest BCUT2D eigenvalue weighted by atomic mass is 9.83. The quantitative estimate of drug-likeness (QED) is 0.823. The smallest absolute Gasteiger partial charge is 0.213 e. The molecule has 2 rings (SSSR count). The van der Waals surface area contributed by atoms with Gasteiger partial charge in [-0.05, 0) is 56.3 Å². The van der Waals surface area contributed by atoms with Crippen LogP contribution in [0, 0.1) is 5.92 Å². The van der Waals surface area contributed by atoms with Gasteiger partial charge in [-0.15, -0.1) is 0 Å². The van der Waals surface area contributed by atoms with Crippen molar-refractivity contribution in [1.82, 2.24) is 9.88 Å². The number of pyridine rings is 1. The molecule has 20 heavy (non-hydrogen) atoms. The van der Waals surface area contributed by atoms with Crippen molar-refractivity contribution in [3.63, 3.8) is 0 Å². The summed E-state index contributed by atoms with van der Waals surface area (Å²) in [7, 11) is 2.19. The van der Waals surface area contributed by atoms with Gasteiger partial charge in [0.2, 0.25) is 5.88 Å². The molecule has 0 N–H and O–H groups in total. The molecular formula is C17H28N2O. The summed E-state index contributed by atoms with van der Waals surface area (Å²) in [6.45, 7) is 9.89. The topological polar surface area (TPSA) is 25.4 Å². The number of rotatable bonds is 5.